The Labute approximate surface area is 133 Å². The number of benzene rings is 1. The van der Waals surface area contributed by atoms with E-state index in [4.69, 9.17) is 0 Å². The number of phenols is 1. The van der Waals surface area contributed by atoms with Crippen molar-refractivity contribution in [2.75, 3.05) is 0 Å². The lowest BCUT2D eigenvalue weighted by Gasteiger charge is -2.34. The average molecular weight is 357 g/mol. The molecule has 1 nitrogen and oxygen atoms in total. The minimum absolute atomic E-state index is 0.0649. The normalized spacial score (nSPS) is 13.7. The molecule has 0 amide bonds. The number of phenolic OH excluding ortho intramolecular Hbond substituents is 1. The summed E-state index contributed by atoms with van der Waals surface area (Å²) in [7, 11) is -1.55. The van der Waals surface area contributed by atoms with Crippen molar-refractivity contribution in [1.29, 1.82) is 0 Å². The Kier molecular flexibility index (Phi) is 4.59. The maximum atomic E-state index is 10.9. The highest BCUT2D eigenvalue weighted by molar-refractivity contribution is 9.10. The molecule has 0 fully saturated rings. The van der Waals surface area contributed by atoms with Gasteiger partial charge < -0.3 is 5.11 Å². The monoisotopic (exact) mass is 356 g/mol. The third-order valence-corrected chi connectivity index (χ3v) is 6.57. The molecule has 0 bridgehead atoms. The Bertz CT molecular complexity index is 514. The van der Waals surface area contributed by atoms with Gasteiger partial charge in [-0.05, 0) is 27.6 Å². The maximum Gasteiger partial charge on any atom is 0.122 e. The van der Waals surface area contributed by atoms with E-state index in [1.165, 1.54) is 5.19 Å². The van der Waals surface area contributed by atoms with Gasteiger partial charge in [0, 0.05) is 10.0 Å². The molecule has 0 aromatic heterocycles. The Morgan fingerprint density at radius 3 is 1.70 bits per heavy atom. The molecule has 0 aliphatic rings. The van der Waals surface area contributed by atoms with Gasteiger partial charge in [0.25, 0.3) is 0 Å². The summed E-state index contributed by atoms with van der Waals surface area (Å²) < 4.78 is 1.16. The van der Waals surface area contributed by atoms with Crippen molar-refractivity contribution in [3.63, 3.8) is 0 Å². The molecule has 0 heterocycles. The molecule has 0 atom stereocenters. The Balaban J connectivity index is 3.88. The van der Waals surface area contributed by atoms with Crippen LogP contribution in [-0.2, 0) is 10.8 Å². The minimum atomic E-state index is -1.55. The van der Waals surface area contributed by atoms with Gasteiger partial charge in [-0.25, -0.2) is 0 Å². The molecule has 0 spiro atoms. The van der Waals surface area contributed by atoms with Crippen LogP contribution in [0, 0.1) is 0 Å². The fourth-order valence-electron chi connectivity index (χ4n) is 2.67. The summed E-state index contributed by atoms with van der Waals surface area (Å²) in [6, 6.07) is 2.12. The van der Waals surface area contributed by atoms with E-state index >= 15 is 0 Å². The summed E-state index contributed by atoms with van der Waals surface area (Å²) in [5.41, 5.74) is 2.01. The molecule has 114 valence electrons. The Morgan fingerprint density at radius 2 is 1.40 bits per heavy atom. The lowest BCUT2D eigenvalue weighted by Crippen LogP contribution is -2.44. The van der Waals surface area contributed by atoms with Crippen LogP contribution in [0.2, 0.25) is 19.6 Å². The summed E-state index contributed by atoms with van der Waals surface area (Å²) in [5.74, 6) is 0.491. The first-order chi connectivity index (χ1) is 8.67. The molecule has 1 aromatic carbocycles. The van der Waals surface area contributed by atoms with Gasteiger partial charge in [0.05, 0.1) is 8.07 Å². The van der Waals surface area contributed by atoms with Crippen molar-refractivity contribution in [2.24, 2.45) is 0 Å². The van der Waals surface area contributed by atoms with Crippen LogP contribution >= 0.6 is 15.9 Å². The summed E-state index contributed by atoms with van der Waals surface area (Å²) in [5, 5.41) is 12.3. The molecule has 0 radical (unpaired) electrons. The zero-order chi connectivity index (χ0) is 16.1. The van der Waals surface area contributed by atoms with E-state index in [0.29, 0.717) is 5.75 Å². The van der Waals surface area contributed by atoms with E-state index in [-0.39, 0.29) is 10.8 Å². The van der Waals surface area contributed by atoms with E-state index < -0.39 is 8.07 Å². The van der Waals surface area contributed by atoms with Crippen molar-refractivity contribution >= 4 is 29.2 Å². The van der Waals surface area contributed by atoms with Crippen LogP contribution in [0.3, 0.4) is 0 Å². The van der Waals surface area contributed by atoms with Gasteiger partial charge in [0.15, 0.2) is 0 Å². The zero-order valence-electron chi connectivity index (χ0n) is 14.4. The van der Waals surface area contributed by atoms with E-state index in [0.717, 1.165) is 15.6 Å². The second-order valence-corrected chi connectivity index (χ2v) is 14.6. The number of rotatable bonds is 1. The molecular formula is C17H29BrOSi. The van der Waals surface area contributed by atoms with Gasteiger partial charge in [-0.15, -0.1) is 0 Å². The number of aromatic hydroxyl groups is 1. The smallest absolute Gasteiger partial charge is 0.122 e. The van der Waals surface area contributed by atoms with Gasteiger partial charge in [-0.2, -0.15) is 0 Å². The molecule has 1 aromatic rings. The van der Waals surface area contributed by atoms with Crippen LogP contribution < -0.4 is 5.19 Å². The molecule has 0 saturated carbocycles. The molecule has 0 aliphatic heterocycles. The zero-order valence-corrected chi connectivity index (χ0v) is 17.0. The number of halogens is 1. The lowest BCUT2D eigenvalue weighted by molar-refractivity contribution is 0.424. The fourth-order valence-corrected chi connectivity index (χ4v) is 6.92. The number of hydrogen-bond donors (Lipinski definition) is 1. The predicted octanol–water partition coefficient (Wildman–Crippen LogP) is 5.29. The summed E-state index contributed by atoms with van der Waals surface area (Å²) in [6.45, 7) is 20.0. The van der Waals surface area contributed by atoms with Crippen molar-refractivity contribution in [3.8, 4) is 5.75 Å². The largest absolute Gasteiger partial charge is 0.507 e. The summed E-state index contributed by atoms with van der Waals surface area (Å²) in [4.78, 5) is 0. The van der Waals surface area contributed by atoms with Crippen molar-refractivity contribution < 1.29 is 5.11 Å². The van der Waals surface area contributed by atoms with Crippen LogP contribution in [0.1, 0.15) is 52.7 Å². The van der Waals surface area contributed by atoms with Crippen molar-refractivity contribution in [3.05, 3.63) is 21.7 Å². The van der Waals surface area contributed by atoms with Crippen molar-refractivity contribution in [1.82, 2.24) is 0 Å². The maximum absolute atomic E-state index is 10.9. The first kappa shape index (κ1) is 17.8. The number of hydrogen-bond acceptors (Lipinski definition) is 1. The molecule has 3 heteroatoms. The van der Waals surface area contributed by atoms with Crippen molar-refractivity contribution in [2.45, 2.75) is 72.0 Å². The molecule has 1 N–H and O–H groups in total. The van der Waals surface area contributed by atoms with Gasteiger partial charge in [-0.3, -0.25) is 0 Å². The van der Waals surface area contributed by atoms with Gasteiger partial charge >= 0.3 is 0 Å². The molecule has 1 rings (SSSR count). The van der Waals surface area contributed by atoms with Crippen LogP contribution in [0.25, 0.3) is 0 Å². The fraction of sp³-hybridized carbons (Fsp3) is 0.647. The Hall–Kier alpha value is -0.283. The van der Waals surface area contributed by atoms with Crippen LogP contribution in [0.5, 0.6) is 5.75 Å². The highest BCUT2D eigenvalue weighted by Crippen LogP contribution is 2.41. The first-order valence-corrected chi connectivity index (χ1v) is 11.5. The van der Waals surface area contributed by atoms with E-state index in [2.05, 4.69) is 83.2 Å². The molecular weight excluding hydrogens is 328 g/mol. The third-order valence-electron chi connectivity index (χ3n) is 3.56. The molecule has 0 saturated heterocycles. The SMILES string of the molecule is CC(C)(C)c1cc(Br)c([Si](C)(C)C)c(C(C)(C)C)c1O. The van der Waals surface area contributed by atoms with Gasteiger partial charge in [0.2, 0.25) is 0 Å². The van der Waals surface area contributed by atoms with Crippen LogP contribution in [-0.4, -0.2) is 13.2 Å². The Morgan fingerprint density at radius 1 is 0.950 bits per heavy atom. The third kappa shape index (κ3) is 3.48. The topological polar surface area (TPSA) is 20.2 Å². The minimum Gasteiger partial charge on any atom is -0.507 e. The van der Waals surface area contributed by atoms with E-state index in [9.17, 15) is 5.11 Å². The first-order valence-electron chi connectivity index (χ1n) is 7.24. The summed E-state index contributed by atoms with van der Waals surface area (Å²) in [6.07, 6.45) is 0. The molecule has 0 aliphatic carbocycles. The summed E-state index contributed by atoms with van der Waals surface area (Å²) >= 11 is 3.78. The molecule has 0 unspecified atom stereocenters. The molecule has 20 heavy (non-hydrogen) atoms. The average Bonchev–Trinajstić information content (AvgIpc) is 2.14. The van der Waals surface area contributed by atoms with E-state index in [1.807, 2.05) is 0 Å². The second kappa shape index (κ2) is 5.17. The highest BCUT2D eigenvalue weighted by Gasteiger charge is 2.34. The highest BCUT2D eigenvalue weighted by atomic mass is 79.9. The standard InChI is InChI=1S/C17H29BrOSi/c1-16(2,3)11-10-12(18)15(20(7,8)9)13(14(11)19)17(4,5)6/h10,19H,1-9H3. The van der Waals surface area contributed by atoms with Crippen LogP contribution in [0.4, 0.5) is 0 Å². The lowest BCUT2D eigenvalue weighted by atomic mass is 9.79. The quantitative estimate of drug-likeness (QED) is 0.677. The van der Waals surface area contributed by atoms with Crippen LogP contribution in [0.15, 0.2) is 10.5 Å². The van der Waals surface area contributed by atoms with Gasteiger partial charge in [-0.1, -0.05) is 77.1 Å². The van der Waals surface area contributed by atoms with Gasteiger partial charge in [0.1, 0.15) is 5.75 Å². The second-order valence-electron chi connectivity index (χ2n) is 8.75. The predicted molar refractivity (Wildman–Crippen MR) is 96.2 cm³/mol. The van der Waals surface area contributed by atoms with E-state index in [1.54, 1.807) is 0 Å².